The van der Waals surface area contributed by atoms with Gasteiger partial charge in [0.05, 0.1) is 19.4 Å². The molecule has 2 atom stereocenters. The van der Waals surface area contributed by atoms with E-state index in [0.717, 1.165) is 11.1 Å². The Morgan fingerprint density at radius 3 is 2.36 bits per heavy atom. The monoisotopic (exact) mass is 386 g/mol. The average molecular weight is 386 g/mol. The van der Waals surface area contributed by atoms with E-state index >= 15 is 0 Å². The van der Waals surface area contributed by atoms with E-state index in [-0.39, 0.29) is 0 Å². The van der Waals surface area contributed by atoms with E-state index in [4.69, 9.17) is 15.1 Å². The van der Waals surface area contributed by atoms with Gasteiger partial charge in [-0.05, 0) is 42.3 Å². The van der Waals surface area contributed by atoms with E-state index in [0.29, 0.717) is 16.9 Å². The van der Waals surface area contributed by atoms with Crippen LogP contribution in [0, 0.1) is 0 Å². The van der Waals surface area contributed by atoms with Gasteiger partial charge in [-0.2, -0.15) is 0 Å². The van der Waals surface area contributed by atoms with Crippen LogP contribution in [0.5, 0.6) is 5.75 Å². The van der Waals surface area contributed by atoms with Crippen LogP contribution in [-0.2, 0) is 4.79 Å². The Hall–Kier alpha value is -3.23. The van der Waals surface area contributed by atoms with E-state index in [1.165, 1.54) is 20.2 Å². The summed E-state index contributed by atoms with van der Waals surface area (Å²) in [6.07, 6.45) is 0.132. The van der Waals surface area contributed by atoms with Crippen molar-refractivity contribution in [1.82, 2.24) is 5.32 Å². The van der Waals surface area contributed by atoms with Crippen LogP contribution in [0.2, 0.25) is 0 Å². The third-order valence-corrected chi connectivity index (χ3v) is 4.18. The van der Waals surface area contributed by atoms with Crippen LogP contribution in [0.1, 0.15) is 22.8 Å². The minimum Gasteiger partial charge on any atom is -0.496 e. The number of nitrogens with one attached hydrogen (secondary N) is 1. The van der Waals surface area contributed by atoms with Crippen molar-refractivity contribution in [3.8, 4) is 16.9 Å². The fourth-order valence-corrected chi connectivity index (χ4v) is 2.68. The molecule has 0 aromatic heterocycles. The van der Waals surface area contributed by atoms with Gasteiger partial charge in [-0.1, -0.05) is 23.4 Å². The summed E-state index contributed by atoms with van der Waals surface area (Å²) in [7, 11) is 1.51. The van der Waals surface area contributed by atoms with Crippen molar-refractivity contribution in [3.63, 3.8) is 0 Å². The van der Waals surface area contributed by atoms with Crippen LogP contribution in [-0.4, -0.2) is 59.2 Å². The highest BCUT2D eigenvalue weighted by Crippen LogP contribution is 2.26. The van der Waals surface area contributed by atoms with Gasteiger partial charge >= 0.3 is 0 Å². The highest BCUT2D eigenvalue weighted by molar-refractivity contribution is 5.98. The highest BCUT2D eigenvalue weighted by Gasteiger charge is 2.25. The molecule has 148 valence electrons. The molecule has 28 heavy (non-hydrogen) atoms. The molecule has 1 amide bonds. The molecule has 2 rings (SSSR count). The molecule has 0 fully saturated rings. The molecule has 2 aromatic rings. The Kier molecular flexibility index (Phi) is 7.25. The standard InChI is InChI=1S/C20H22N2O6/c1-12(24)19(17(25)11-23)22-20(26)14-5-3-13(4-6-14)15-7-8-18(28-2)16(9-15)10-21-27/h3-10,12,19,23-24,27H,11H2,1-2H3,(H,22,26)/b21-10+/t12-,19+/m1/s1. The number of hydrogen-bond acceptors (Lipinski definition) is 7. The fourth-order valence-electron chi connectivity index (χ4n) is 2.68. The maximum Gasteiger partial charge on any atom is 0.251 e. The molecule has 0 unspecified atom stereocenters. The van der Waals surface area contributed by atoms with Gasteiger partial charge in [0.2, 0.25) is 0 Å². The summed E-state index contributed by atoms with van der Waals surface area (Å²) in [4.78, 5) is 24.0. The number of aliphatic hydroxyl groups excluding tert-OH is 2. The lowest BCUT2D eigenvalue weighted by Crippen LogP contribution is -2.48. The number of carbonyl (C=O) groups excluding carboxylic acids is 2. The molecular formula is C20H22N2O6. The van der Waals surface area contributed by atoms with Gasteiger partial charge in [-0.15, -0.1) is 0 Å². The zero-order chi connectivity index (χ0) is 20.7. The molecule has 0 spiro atoms. The first kappa shape index (κ1) is 21.1. The zero-order valence-corrected chi connectivity index (χ0v) is 15.5. The Balaban J connectivity index is 2.22. The molecule has 0 aliphatic heterocycles. The molecule has 0 saturated carbocycles. The van der Waals surface area contributed by atoms with Crippen molar-refractivity contribution in [1.29, 1.82) is 0 Å². The summed E-state index contributed by atoms with van der Waals surface area (Å²) in [6.45, 7) is 0.588. The largest absolute Gasteiger partial charge is 0.496 e. The molecule has 8 nitrogen and oxygen atoms in total. The number of ketones is 1. The fraction of sp³-hybridized carbons (Fsp3) is 0.250. The molecule has 2 aromatic carbocycles. The van der Waals surface area contributed by atoms with Gasteiger partial charge < -0.3 is 25.5 Å². The predicted molar refractivity (Wildman–Crippen MR) is 103 cm³/mol. The number of rotatable bonds is 8. The number of methoxy groups -OCH3 is 1. The minimum absolute atomic E-state index is 0.297. The number of oxime groups is 1. The smallest absolute Gasteiger partial charge is 0.251 e. The first-order chi connectivity index (χ1) is 13.4. The van der Waals surface area contributed by atoms with Crippen LogP contribution < -0.4 is 10.1 Å². The van der Waals surface area contributed by atoms with Crippen molar-refractivity contribution < 1.29 is 29.7 Å². The maximum absolute atomic E-state index is 12.3. The summed E-state index contributed by atoms with van der Waals surface area (Å²) >= 11 is 0. The molecule has 4 N–H and O–H groups in total. The molecule has 0 radical (unpaired) electrons. The Labute approximate surface area is 162 Å². The van der Waals surface area contributed by atoms with E-state index in [1.807, 2.05) is 6.07 Å². The average Bonchev–Trinajstić information content (AvgIpc) is 2.71. The van der Waals surface area contributed by atoms with E-state index < -0.39 is 30.4 Å². The van der Waals surface area contributed by atoms with Crippen LogP contribution in [0.3, 0.4) is 0 Å². The van der Waals surface area contributed by atoms with Gasteiger partial charge in [0.25, 0.3) is 5.91 Å². The summed E-state index contributed by atoms with van der Waals surface area (Å²) in [5.41, 5.74) is 2.52. The number of nitrogens with zero attached hydrogens (tertiary/aromatic N) is 1. The van der Waals surface area contributed by atoms with Gasteiger partial charge in [0, 0.05) is 11.1 Å². The summed E-state index contributed by atoms with van der Waals surface area (Å²) in [5, 5.41) is 32.8. The second-order valence-electron chi connectivity index (χ2n) is 6.09. The molecular weight excluding hydrogens is 364 g/mol. The maximum atomic E-state index is 12.3. The van der Waals surface area contributed by atoms with Crippen molar-refractivity contribution >= 4 is 17.9 Å². The van der Waals surface area contributed by atoms with Gasteiger partial charge in [-0.3, -0.25) is 9.59 Å². The Morgan fingerprint density at radius 2 is 1.82 bits per heavy atom. The minimum atomic E-state index is -1.18. The lowest BCUT2D eigenvalue weighted by Gasteiger charge is -2.19. The number of aliphatic hydroxyl groups is 2. The third kappa shape index (κ3) is 4.93. The molecule has 0 saturated heterocycles. The highest BCUT2D eigenvalue weighted by atomic mass is 16.5. The number of amides is 1. The van der Waals surface area contributed by atoms with Crippen molar-refractivity contribution in [2.75, 3.05) is 13.7 Å². The lowest BCUT2D eigenvalue weighted by molar-refractivity contribution is -0.125. The summed E-state index contributed by atoms with van der Waals surface area (Å²) in [6, 6.07) is 10.8. The second-order valence-corrected chi connectivity index (χ2v) is 6.09. The van der Waals surface area contributed by atoms with E-state index in [9.17, 15) is 14.7 Å². The normalized spacial score (nSPS) is 13.1. The molecule has 0 aliphatic carbocycles. The lowest BCUT2D eigenvalue weighted by atomic mass is 10.0. The SMILES string of the molecule is COc1ccc(-c2ccc(C(=O)N[C@H](C(=O)CO)[C@@H](C)O)cc2)cc1/C=N/O. The van der Waals surface area contributed by atoms with Crippen molar-refractivity contribution in [2.45, 2.75) is 19.1 Å². The first-order valence-corrected chi connectivity index (χ1v) is 8.49. The van der Waals surface area contributed by atoms with Crippen LogP contribution in [0.25, 0.3) is 11.1 Å². The molecule has 0 bridgehead atoms. The van der Waals surface area contributed by atoms with Gasteiger partial charge in [0.1, 0.15) is 18.4 Å². The van der Waals surface area contributed by atoms with Gasteiger partial charge in [0.15, 0.2) is 5.78 Å². The topological polar surface area (TPSA) is 128 Å². The number of Topliss-reactive ketones (excluding diaryl/α,β-unsaturated/α-hetero) is 1. The second kappa shape index (κ2) is 9.63. The number of benzene rings is 2. The molecule has 0 aliphatic rings. The Bertz CT molecular complexity index is 861. The number of hydrogen-bond donors (Lipinski definition) is 4. The summed E-state index contributed by atoms with van der Waals surface area (Å²) < 4.78 is 5.20. The van der Waals surface area contributed by atoms with Crippen LogP contribution in [0.15, 0.2) is 47.6 Å². The number of ether oxygens (including phenoxy) is 1. The predicted octanol–water partition coefficient (Wildman–Crippen LogP) is 1.21. The van der Waals surface area contributed by atoms with E-state index in [2.05, 4.69) is 10.5 Å². The molecule has 8 heteroatoms. The van der Waals surface area contributed by atoms with Crippen molar-refractivity contribution in [2.24, 2.45) is 5.16 Å². The number of carbonyl (C=O) groups is 2. The third-order valence-electron chi connectivity index (χ3n) is 4.18. The van der Waals surface area contributed by atoms with Gasteiger partial charge in [-0.25, -0.2) is 0 Å². The Morgan fingerprint density at radius 1 is 1.18 bits per heavy atom. The molecule has 0 heterocycles. The first-order valence-electron chi connectivity index (χ1n) is 8.49. The van der Waals surface area contributed by atoms with Crippen molar-refractivity contribution in [3.05, 3.63) is 53.6 Å². The summed E-state index contributed by atoms with van der Waals surface area (Å²) in [5.74, 6) is -0.659. The van der Waals surface area contributed by atoms with Crippen LogP contribution in [0.4, 0.5) is 0 Å². The zero-order valence-electron chi connectivity index (χ0n) is 15.5. The van der Waals surface area contributed by atoms with E-state index in [1.54, 1.807) is 36.4 Å². The quantitative estimate of drug-likeness (QED) is 0.307. The van der Waals surface area contributed by atoms with Crippen LogP contribution >= 0.6 is 0 Å².